The van der Waals surface area contributed by atoms with Crippen molar-refractivity contribution in [2.24, 2.45) is 5.92 Å². The van der Waals surface area contributed by atoms with Gasteiger partial charge in [-0.2, -0.15) is 0 Å². The average Bonchev–Trinajstić information content (AvgIpc) is 2.44. The molecule has 2 unspecified atom stereocenters. The number of nitrogens with one attached hydrogen (secondary N) is 1. The first-order chi connectivity index (χ1) is 9.07. The summed E-state index contributed by atoms with van der Waals surface area (Å²) in [7, 11) is 1.76. The number of likely N-dealkylation sites (tertiary alicyclic amines) is 1. The van der Waals surface area contributed by atoms with Gasteiger partial charge in [0, 0.05) is 6.54 Å². The Morgan fingerprint density at radius 2 is 2.21 bits per heavy atom. The zero-order valence-electron chi connectivity index (χ0n) is 12.7. The number of rotatable bonds is 8. The molecule has 0 aromatic rings. The maximum absolute atomic E-state index is 11.4. The summed E-state index contributed by atoms with van der Waals surface area (Å²) in [6, 6.07) is 0. The van der Waals surface area contributed by atoms with E-state index in [0.29, 0.717) is 12.8 Å². The number of hydrogen-bond acceptors (Lipinski definition) is 3. The third-order valence-corrected chi connectivity index (χ3v) is 4.75. The lowest BCUT2D eigenvalue weighted by atomic mass is 9.90. The number of likely N-dealkylation sites (N-methyl/N-ethyl adjacent to an activating group) is 1. The molecule has 1 fully saturated rings. The van der Waals surface area contributed by atoms with Gasteiger partial charge in [-0.15, -0.1) is 0 Å². The molecule has 0 radical (unpaired) electrons. The van der Waals surface area contributed by atoms with Crippen molar-refractivity contribution < 1.29 is 9.90 Å². The highest BCUT2D eigenvalue weighted by Gasteiger charge is 2.34. The van der Waals surface area contributed by atoms with Crippen molar-refractivity contribution in [3.05, 3.63) is 0 Å². The van der Waals surface area contributed by atoms with E-state index in [4.69, 9.17) is 0 Å². The van der Waals surface area contributed by atoms with Crippen molar-refractivity contribution in [1.29, 1.82) is 0 Å². The van der Waals surface area contributed by atoms with Crippen LogP contribution in [0.15, 0.2) is 0 Å². The summed E-state index contributed by atoms with van der Waals surface area (Å²) in [5.74, 6) is 0.121. The predicted molar refractivity (Wildman–Crippen MR) is 78.4 cm³/mol. The van der Waals surface area contributed by atoms with E-state index in [1.54, 1.807) is 7.05 Å². The van der Waals surface area contributed by atoms with E-state index in [1.165, 1.54) is 32.4 Å². The lowest BCUT2D eigenvalue weighted by Crippen LogP contribution is -2.50. The molecule has 2 atom stereocenters. The molecule has 0 amide bonds. The van der Waals surface area contributed by atoms with Crippen LogP contribution in [-0.2, 0) is 4.79 Å². The summed E-state index contributed by atoms with van der Waals surface area (Å²) in [5.41, 5.74) is -0.736. The third-order valence-electron chi connectivity index (χ3n) is 4.75. The van der Waals surface area contributed by atoms with Crippen LogP contribution in [-0.4, -0.2) is 48.2 Å². The first-order valence-electron chi connectivity index (χ1n) is 7.72. The smallest absolute Gasteiger partial charge is 0.323 e. The van der Waals surface area contributed by atoms with E-state index in [0.717, 1.165) is 18.9 Å². The number of carbonyl (C=O) groups is 1. The highest BCUT2D eigenvalue weighted by molar-refractivity contribution is 5.78. The molecule has 0 spiro atoms. The molecule has 4 heteroatoms. The molecule has 0 aliphatic carbocycles. The average molecular weight is 270 g/mol. The number of hydrogen-bond donors (Lipinski definition) is 2. The van der Waals surface area contributed by atoms with Crippen LogP contribution < -0.4 is 5.32 Å². The molecule has 4 nitrogen and oxygen atoms in total. The molecule has 0 aromatic carbocycles. The minimum absolute atomic E-state index is 0.635. The van der Waals surface area contributed by atoms with Crippen molar-refractivity contribution in [3.8, 4) is 0 Å². The van der Waals surface area contributed by atoms with E-state index < -0.39 is 11.5 Å². The Labute approximate surface area is 117 Å². The second kappa shape index (κ2) is 7.85. The predicted octanol–water partition coefficient (Wildman–Crippen LogP) is 2.34. The van der Waals surface area contributed by atoms with Gasteiger partial charge in [-0.25, -0.2) is 0 Å². The van der Waals surface area contributed by atoms with Gasteiger partial charge >= 0.3 is 5.97 Å². The third kappa shape index (κ3) is 4.46. The maximum Gasteiger partial charge on any atom is 0.323 e. The van der Waals surface area contributed by atoms with Crippen molar-refractivity contribution in [2.45, 2.75) is 57.9 Å². The van der Waals surface area contributed by atoms with E-state index in [9.17, 15) is 9.90 Å². The molecule has 1 heterocycles. The van der Waals surface area contributed by atoms with Crippen LogP contribution in [0, 0.1) is 5.92 Å². The van der Waals surface area contributed by atoms with Crippen molar-refractivity contribution >= 4 is 5.97 Å². The van der Waals surface area contributed by atoms with Crippen molar-refractivity contribution in [3.63, 3.8) is 0 Å². The van der Waals surface area contributed by atoms with Crippen LogP contribution in [0.3, 0.4) is 0 Å². The molecular weight excluding hydrogens is 240 g/mol. The van der Waals surface area contributed by atoms with Crippen LogP contribution in [0.25, 0.3) is 0 Å². The summed E-state index contributed by atoms with van der Waals surface area (Å²) in [4.78, 5) is 13.9. The zero-order valence-corrected chi connectivity index (χ0v) is 12.7. The van der Waals surface area contributed by atoms with Gasteiger partial charge in [0.2, 0.25) is 0 Å². The SMILES string of the molecule is CCC1CCCN(CCCC(CC)(NC)C(=O)O)C1. The number of nitrogens with zero attached hydrogens (tertiary/aromatic N) is 1. The Morgan fingerprint density at radius 1 is 1.47 bits per heavy atom. The normalized spacial score (nSPS) is 24.1. The molecule has 19 heavy (non-hydrogen) atoms. The minimum atomic E-state index is -0.736. The number of piperidine rings is 1. The van der Waals surface area contributed by atoms with E-state index >= 15 is 0 Å². The van der Waals surface area contributed by atoms with E-state index in [-0.39, 0.29) is 0 Å². The van der Waals surface area contributed by atoms with Crippen molar-refractivity contribution in [1.82, 2.24) is 10.2 Å². The van der Waals surface area contributed by atoms with Crippen LogP contribution in [0.5, 0.6) is 0 Å². The maximum atomic E-state index is 11.4. The summed E-state index contributed by atoms with van der Waals surface area (Å²) < 4.78 is 0. The summed E-state index contributed by atoms with van der Waals surface area (Å²) in [5, 5.41) is 12.4. The zero-order chi connectivity index (χ0) is 14.3. The molecule has 1 saturated heterocycles. The Morgan fingerprint density at radius 3 is 2.74 bits per heavy atom. The van der Waals surface area contributed by atoms with Gasteiger partial charge in [0.1, 0.15) is 5.54 Å². The largest absolute Gasteiger partial charge is 0.480 e. The van der Waals surface area contributed by atoms with Crippen LogP contribution in [0.2, 0.25) is 0 Å². The Hall–Kier alpha value is -0.610. The van der Waals surface area contributed by atoms with Crippen LogP contribution in [0.4, 0.5) is 0 Å². The molecule has 1 aliphatic rings. The number of carboxylic acids is 1. The fourth-order valence-electron chi connectivity index (χ4n) is 3.14. The van der Waals surface area contributed by atoms with Crippen LogP contribution in [0.1, 0.15) is 52.4 Å². The van der Waals surface area contributed by atoms with Gasteiger partial charge in [-0.05, 0) is 58.2 Å². The fourth-order valence-corrected chi connectivity index (χ4v) is 3.14. The topological polar surface area (TPSA) is 52.6 Å². The second-order valence-electron chi connectivity index (χ2n) is 5.81. The van der Waals surface area contributed by atoms with Gasteiger partial charge in [0.15, 0.2) is 0 Å². The van der Waals surface area contributed by atoms with Crippen LogP contribution >= 0.6 is 0 Å². The summed E-state index contributed by atoms with van der Waals surface area (Å²) in [6.45, 7) is 7.62. The molecule has 1 aliphatic heterocycles. The molecular formula is C15H30N2O2. The molecule has 0 aromatic heterocycles. The molecule has 0 bridgehead atoms. The molecule has 2 N–H and O–H groups in total. The molecule has 0 saturated carbocycles. The van der Waals surface area contributed by atoms with Gasteiger partial charge < -0.3 is 15.3 Å². The summed E-state index contributed by atoms with van der Waals surface area (Å²) >= 11 is 0. The van der Waals surface area contributed by atoms with E-state index in [1.807, 2.05) is 6.92 Å². The monoisotopic (exact) mass is 270 g/mol. The standard InChI is InChI=1S/C15H30N2O2/c1-4-13-8-6-10-17(12-13)11-7-9-15(5-2,16-3)14(18)19/h13,16H,4-12H2,1-3H3,(H,18,19). The lowest BCUT2D eigenvalue weighted by molar-refractivity contribution is -0.145. The first kappa shape index (κ1) is 16.4. The van der Waals surface area contributed by atoms with Gasteiger partial charge in [-0.3, -0.25) is 4.79 Å². The Kier molecular flexibility index (Phi) is 6.80. The Balaban J connectivity index is 2.37. The quantitative estimate of drug-likeness (QED) is 0.711. The molecule has 112 valence electrons. The second-order valence-corrected chi connectivity index (χ2v) is 5.81. The summed E-state index contributed by atoms with van der Waals surface area (Å²) in [6.07, 6.45) is 6.22. The van der Waals surface area contributed by atoms with Gasteiger partial charge in [-0.1, -0.05) is 20.3 Å². The van der Waals surface area contributed by atoms with Gasteiger partial charge in [0.25, 0.3) is 0 Å². The number of aliphatic carboxylic acids is 1. The number of carboxylic acid groups (broad SMARTS) is 1. The van der Waals surface area contributed by atoms with Crippen molar-refractivity contribution in [2.75, 3.05) is 26.7 Å². The lowest BCUT2D eigenvalue weighted by Gasteiger charge is -2.33. The highest BCUT2D eigenvalue weighted by atomic mass is 16.4. The fraction of sp³-hybridized carbons (Fsp3) is 0.933. The van der Waals surface area contributed by atoms with Gasteiger partial charge in [0.05, 0.1) is 0 Å². The first-order valence-corrected chi connectivity index (χ1v) is 7.72. The minimum Gasteiger partial charge on any atom is -0.480 e. The highest BCUT2D eigenvalue weighted by Crippen LogP contribution is 2.21. The van der Waals surface area contributed by atoms with E-state index in [2.05, 4.69) is 17.1 Å². The Bertz CT molecular complexity index is 277. The molecule has 1 rings (SSSR count).